The van der Waals surface area contributed by atoms with Crippen LogP contribution in [0.25, 0.3) is 0 Å². The molecule has 4 N–H and O–H groups in total. The summed E-state index contributed by atoms with van der Waals surface area (Å²) in [5, 5.41) is 22.6. The number of nitrogens with one attached hydrogen (secondary N) is 2. The van der Waals surface area contributed by atoms with Crippen molar-refractivity contribution in [2.45, 2.75) is 120 Å². The highest BCUT2D eigenvalue weighted by Crippen LogP contribution is 2.33. The third-order valence-corrected chi connectivity index (χ3v) is 10.6. The van der Waals surface area contributed by atoms with Crippen LogP contribution in [0.5, 0.6) is 0 Å². The van der Waals surface area contributed by atoms with Crippen LogP contribution in [0.3, 0.4) is 0 Å². The third-order valence-electron chi connectivity index (χ3n) is 9.29. The van der Waals surface area contributed by atoms with Gasteiger partial charge in [0.15, 0.2) is 0 Å². The Morgan fingerprint density at radius 2 is 1.23 bits per heavy atom. The lowest BCUT2D eigenvalue weighted by Gasteiger charge is -2.15. The second-order valence-corrected chi connectivity index (χ2v) is 14.7. The number of unbranched alkanes of at least 4 members (excludes halogenated alkanes) is 15. The number of amidine groups is 1. The summed E-state index contributed by atoms with van der Waals surface area (Å²) in [7, 11) is 0. The van der Waals surface area contributed by atoms with Gasteiger partial charge in [0.25, 0.3) is 11.8 Å². The molecule has 1 atom stereocenters. The Labute approximate surface area is 317 Å². The summed E-state index contributed by atoms with van der Waals surface area (Å²) in [6.07, 6.45) is 20.5. The summed E-state index contributed by atoms with van der Waals surface area (Å²) in [6, 6.07) is 19.5. The van der Waals surface area contributed by atoms with Crippen LogP contribution >= 0.6 is 11.8 Å². The maximum absolute atomic E-state index is 13.9. The van der Waals surface area contributed by atoms with Crippen molar-refractivity contribution in [3.05, 3.63) is 89.5 Å². The molecule has 10 nitrogen and oxygen atoms in total. The molecule has 0 radical (unpaired) electrons. The fourth-order valence-electron chi connectivity index (χ4n) is 6.34. The largest absolute Gasteiger partial charge is 0.478 e. The molecule has 3 aromatic rings. The molecule has 0 bridgehead atoms. The number of para-hydroxylation sites is 1. The van der Waals surface area contributed by atoms with Crippen molar-refractivity contribution in [2.75, 3.05) is 11.6 Å². The second-order valence-electron chi connectivity index (χ2n) is 13.6. The average molecular weight is 743 g/mol. The SMILES string of the molecule is CCCCCCCCCCCCCCCCCCNC(=O)c1ccccc1SC1C(=O)N(c2ccccc2)NC1=Nc1cc(C(=O)O)cc(C(=O)O)c1. The van der Waals surface area contributed by atoms with Gasteiger partial charge in [0.2, 0.25) is 0 Å². The lowest BCUT2D eigenvalue weighted by molar-refractivity contribution is -0.116. The summed E-state index contributed by atoms with van der Waals surface area (Å²) in [6.45, 7) is 2.82. The predicted octanol–water partition coefficient (Wildman–Crippen LogP) is 9.82. The molecule has 0 aliphatic carbocycles. The molecule has 1 unspecified atom stereocenters. The van der Waals surface area contributed by atoms with Gasteiger partial charge in [-0.25, -0.2) is 19.6 Å². The zero-order valence-electron chi connectivity index (χ0n) is 30.9. The van der Waals surface area contributed by atoms with Gasteiger partial charge in [-0.3, -0.25) is 15.0 Å². The van der Waals surface area contributed by atoms with Crippen LogP contribution in [0.4, 0.5) is 11.4 Å². The molecule has 284 valence electrons. The molecule has 11 heteroatoms. The number of hydrogen-bond donors (Lipinski definition) is 4. The van der Waals surface area contributed by atoms with Crippen LogP contribution in [0.1, 0.15) is 141 Å². The van der Waals surface area contributed by atoms with E-state index < -0.39 is 17.2 Å². The van der Waals surface area contributed by atoms with Crippen molar-refractivity contribution in [1.82, 2.24) is 10.7 Å². The molecule has 1 heterocycles. The number of anilines is 1. The summed E-state index contributed by atoms with van der Waals surface area (Å²) < 4.78 is 0. The number of nitrogens with zero attached hydrogens (tertiary/aromatic N) is 2. The van der Waals surface area contributed by atoms with Gasteiger partial charge in [-0.15, -0.1) is 11.8 Å². The van der Waals surface area contributed by atoms with Gasteiger partial charge in [0.05, 0.1) is 28.1 Å². The third kappa shape index (κ3) is 13.4. The quantitative estimate of drug-likeness (QED) is 0.0663. The monoisotopic (exact) mass is 742 g/mol. The lowest BCUT2D eigenvalue weighted by Crippen LogP contribution is -2.35. The van der Waals surface area contributed by atoms with Crippen LogP contribution in [0, 0.1) is 0 Å². The van der Waals surface area contributed by atoms with Crippen molar-refractivity contribution in [3.63, 3.8) is 0 Å². The maximum Gasteiger partial charge on any atom is 0.335 e. The lowest BCUT2D eigenvalue weighted by atomic mass is 10.0. The normalized spacial score (nSPS) is 14.7. The number of amides is 2. The minimum Gasteiger partial charge on any atom is -0.478 e. The molecule has 0 spiro atoms. The molecular formula is C42H54N4O6S. The summed E-state index contributed by atoms with van der Waals surface area (Å²) in [4.78, 5) is 55.8. The molecule has 1 fully saturated rings. The Kier molecular flexibility index (Phi) is 17.4. The molecule has 53 heavy (non-hydrogen) atoms. The zero-order valence-corrected chi connectivity index (χ0v) is 31.7. The first kappa shape index (κ1) is 41.1. The van der Waals surface area contributed by atoms with Gasteiger partial charge in [-0.2, -0.15) is 0 Å². The predicted molar refractivity (Wildman–Crippen MR) is 212 cm³/mol. The highest BCUT2D eigenvalue weighted by Gasteiger charge is 2.40. The van der Waals surface area contributed by atoms with Crippen LogP contribution in [-0.4, -0.2) is 51.6 Å². The molecular weight excluding hydrogens is 689 g/mol. The Hall–Kier alpha value is -4.64. The molecule has 2 amide bonds. The van der Waals surface area contributed by atoms with Gasteiger partial charge in [-0.05, 0) is 48.9 Å². The van der Waals surface area contributed by atoms with Gasteiger partial charge in [-0.1, -0.05) is 134 Å². The average Bonchev–Trinajstić information content (AvgIpc) is 3.46. The topological polar surface area (TPSA) is 148 Å². The van der Waals surface area contributed by atoms with Gasteiger partial charge < -0.3 is 15.5 Å². The fraction of sp³-hybridized carbons (Fsp3) is 0.452. The second kappa shape index (κ2) is 22.4. The number of hydrazine groups is 1. The number of aliphatic imine (C=N–C) groups is 1. The number of carbonyl (C=O) groups excluding carboxylic acids is 2. The maximum atomic E-state index is 13.9. The van der Waals surface area contributed by atoms with E-state index in [-0.39, 0.29) is 34.5 Å². The van der Waals surface area contributed by atoms with Crippen LogP contribution in [0.15, 0.2) is 82.7 Å². The molecule has 1 aliphatic heterocycles. The smallest absolute Gasteiger partial charge is 0.335 e. The van der Waals surface area contributed by atoms with E-state index in [0.717, 1.165) is 37.1 Å². The van der Waals surface area contributed by atoms with Crippen molar-refractivity contribution in [2.24, 2.45) is 4.99 Å². The first-order chi connectivity index (χ1) is 25.8. The summed E-state index contributed by atoms with van der Waals surface area (Å²) in [5.74, 6) is -3.02. The Morgan fingerprint density at radius 1 is 0.717 bits per heavy atom. The molecule has 3 aromatic carbocycles. The van der Waals surface area contributed by atoms with Crippen LogP contribution < -0.4 is 15.8 Å². The minimum absolute atomic E-state index is 0.0583. The van der Waals surface area contributed by atoms with Crippen molar-refractivity contribution in [1.29, 1.82) is 0 Å². The van der Waals surface area contributed by atoms with E-state index in [4.69, 9.17) is 0 Å². The van der Waals surface area contributed by atoms with Crippen molar-refractivity contribution in [3.8, 4) is 0 Å². The van der Waals surface area contributed by atoms with Crippen molar-refractivity contribution < 1.29 is 29.4 Å². The van der Waals surface area contributed by atoms with E-state index >= 15 is 0 Å². The van der Waals surface area contributed by atoms with Gasteiger partial charge >= 0.3 is 11.9 Å². The van der Waals surface area contributed by atoms with Gasteiger partial charge in [0.1, 0.15) is 11.1 Å². The number of carboxylic acid groups (broad SMARTS) is 2. The number of carboxylic acids is 2. The molecule has 0 saturated carbocycles. The van der Waals surface area contributed by atoms with Crippen LogP contribution in [0.2, 0.25) is 0 Å². The van der Waals surface area contributed by atoms with Gasteiger partial charge in [0, 0.05) is 11.4 Å². The fourth-order valence-corrected chi connectivity index (χ4v) is 7.46. The van der Waals surface area contributed by atoms with E-state index in [1.807, 2.05) is 6.07 Å². The standard InChI is InChI=1S/C42H54N4O6S/c1-2-3-4-5-6-7-8-9-10-11-12-13-14-15-16-22-27-43-39(47)35-25-20-21-26-36(35)53-37-38(45-46(40(37)48)34-23-18-17-19-24-34)44-33-29-31(41(49)50)28-32(30-33)42(51)52/h17-21,23-26,28-30,37H,2-16,22,27H2,1H3,(H,43,47)(H,44,45)(H,49,50)(H,51,52). The number of thioether (sulfide) groups is 1. The van der Waals surface area contributed by atoms with Crippen LogP contribution in [-0.2, 0) is 4.79 Å². The van der Waals surface area contributed by atoms with E-state index in [2.05, 4.69) is 22.7 Å². The number of carbonyl (C=O) groups is 4. The summed E-state index contributed by atoms with van der Waals surface area (Å²) >= 11 is 1.15. The molecule has 1 saturated heterocycles. The number of benzene rings is 3. The first-order valence-corrected chi connectivity index (χ1v) is 20.1. The Balaban J connectivity index is 1.30. The number of hydrogen-bond acceptors (Lipinski definition) is 6. The number of rotatable bonds is 24. The Morgan fingerprint density at radius 3 is 1.77 bits per heavy atom. The Bertz CT molecular complexity index is 1650. The highest BCUT2D eigenvalue weighted by atomic mass is 32.2. The highest BCUT2D eigenvalue weighted by molar-refractivity contribution is 8.01. The first-order valence-electron chi connectivity index (χ1n) is 19.2. The van der Waals surface area contributed by atoms with Crippen molar-refractivity contribution >= 4 is 52.7 Å². The zero-order chi connectivity index (χ0) is 37.8. The van der Waals surface area contributed by atoms with E-state index in [9.17, 15) is 29.4 Å². The molecule has 0 aromatic heterocycles. The van der Waals surface area contributed by atoms with E-state index in [1.165, 1.54) is 101 Å². The van der Waals surface area contributed by atoms with E-state index in [1.54, 1.807) is 48.5 Å². The summed E-state index contributed by atoms with van der Waals surface area (Å²) in [5.41, 5.74) is 3.58. The molecule has 1 aliphatic rings. The number of aromatic carboxylic acids is 2. The molecule has 4 rings (SSSR count). The van der Waals surface area contributed by atoms with E-state index in [0.29, 0.717) is 22.7 Å². The minimum atomic E-state index is -1.30.